The van der Waals surface area contributed by atoms with Gasteiger partial charge in [-0.2, -0.15) is 5.10 Å². The van der Waals surface area contributed by atoms with Crippen LogP contribution >= 0.6 is 11.6 Å². The second kappa shape index (κ2) is 7.62. The first-order chi connectivity index (χ1) is 8.24. The van der Waals surface area contributed by atoms with E-state index in [0.717, 1.165) is 12.1 Å². The summed E-state index contributed by atoms with van der Waals surface area (Å²) in [5, 5.41) is 4.80. The Morgan fingerprint density at radius 1 is 1.47 bits per heavy atom. The van der Waals surface area contributed by atoms with E-state index in [0.29, 0.717) is 24.8 Å². The minimum Gasteiger partial charge on any atom is -0.385 e. The fourth-order valence-corrected chi connectivity index (χ4v) is 1.88. The third-order valence-corrected chi connectivity index (χ3v) is 2.77. The number of methoxy groups -OCH3 is 2. The average molecular weight is 263 g/mol. The van der Waals surface area contributed by atoms with Gasteiger partial charge in [-0.3, -0.25) is 16.0 Å². The topological polar surface area (TPSA) is 74.3 Å². The van der Waals surface area contributed by atoms with Crippen LogP contribution in [0.15, 0.2) is 6.20 Å². The normalized spacial score (nSPS) is 12.9. The van der Waals surface area contributed by atoms with Crippen molar-refractivity contribution in [3.8, 4) is 0 Å². The number of hydrazine groups is 1. The summed E-state index contributed by atoms with van der Waals surface area (Å²) in [4.78, 5) is 0. The number of hydrogen-bond acceptors (Lipinski definition) is 5. The summed E-state index contributed by atoms with van der Waals surface area (Å²) >= 11 is 6.12. The van der Waals surface area contributed by atoms with E-state index in [9.17, 15) is 0 Å². The summed E-state index contributed by atoms with van der Waals surface area (Å²) in [5.74, 6) is 5.53. The molecule has 0 aliphatic rings. The second-order valence-corrected chi connectivity index (χ2v) is 4.00. The average Bonchev–Trinajstić information content (AvgIpc) is 2.70. The lowest BCUT2D eigenvalue weighted by molar-refractivity contribution is 0.173. The van der Waals surface area contributed by atoms with Gasteiger partial charge in [0.25, 0.3) is 0 Å². The molecule has 0 aliphatic carbocycles. The molecule has 6 nitrogen and oxygen atoms in total. The number of nitrogens with one attached hydrogen (secondary N) is 1. The highest BCUT2D eigenvalue weighted by molar-refractivity contribution is 6.31. The summed E-state index contributed by atoms with van der Waals surface area (Å²) in [6, 6.07) is -0.0817. The molecule has 0 saturated carbocycles. The van der Waals surface area contributed by atoms with Crippen LogP contribution in [0.25, 0.3) is 0 Å². The van der Waals surface area contributed by atoms with Gasteiger partial charge in [0.2, 0.25) is 0 Å². The molecule has 0 fully saturated rings. The number of ether oxygens (including phenoxy) is 2. The van der Waals surface area contributed by atoms with Crippen molar-refractivity contribution in [2.45, 2.75) is 19.0 Å². The van der Waals surface area contributed by atoms with Gasteiger partial charge in [-0.05, 0) is 6.42 Å². The molecule has 1 aromatic heterocycles. The summed E-state index contributed by atoms with van der Waals surface area (Å²) < 4.78 is 11.9. The molecule has 7 heteroatoms. The van der Waals surface area contributed by atoms with Gasteiger partial charge in [0.15, 0.2) is 0 Å². The van der Waals surface area contributed by atoms with Crippen LogP contribution < -0.4 is 11.3 Å². The van der Waals surface area contributed by atoms with E-state index in [1.807, 2.05) is 0 Å². The first-order valence-electron chi connectivity index (χ1n) is 5.39. The molecule has 0 amide bonds. The van der Waals surface area contributed by atoms with E-state index in [1.54, 1.807) is 25.1 Å². The van der Waals surface area contributed by atoms with Crippen molar-refractivity contribution >= 4 is 11.6 Å². The molecule has 3 N–H and O–H groups in total. The Kier molecular flexibility index (Phi) is 6.46. The summed E-state index contributed by atoms with van der Waals surface area (Å²) in [5.41, 5.74) is 3.59. The number of hydrogen-bond donors (Lipinski definition) is 2. The Morgan fingerprint density at radius 3 is 2.76 bits per heavy atom. The smallest absolute Gasteiger partial charge is 0.0834 e. The van der Waals surface area contributed by atoms with Gasteiger partial charge in [-0.15, -0.1) is 0 Å². The van der Waals surface area contributed by atoms with Crippen LogP contribution in [0.1, 0.15) is 18.2 Å². The zero-order valence-corrected chi connectivity index (χ0v) is 10.9. The zero-order valence-electron chi connectivity index (χ0n) is 10.1. The Bertz CT molecular complexity index is 332. The molecule has 0 aromatic carbocycles. The molecular weight excluding hydrogens is 244 g/mol. The van der Waals surface area contributed by atoms with Crippen LogP contribution in [0.2, 0.25) is 5.02 Å². The number of rotatable bonds is 8. The molecule has 98 valence electrons. The minimum atomic E-state index is -0.0817. The van der Waals surface area contributed by atoms with Crippen LogP contribution in [0.3, 0.4) is 0 Å². The van der Waals surface area contributed by atoms with Gasteiger partial charge in [-0.1, -0.05) is 11.6 Å². The van der Waals surface area contributed by atoms with E-state index < -0.39 is 0 Å². The lowest BCUT2D eigenvalue weighted by atomic mass is 10.1. The van der Waals surface area contributed by atoms with Crippen molar-refractivity contribution in [3.63, 3.8) is 0 Å². The third-order valence-electron chi connectivity index (χ3n) is 2.48. The van der Waals surface area contributed by atoms with Crippen LogP contribution in [-0.2, 0) is 16.0 Å². The molecule has 1 heterocycles. The highest BCUT2D eigenvalue weighted by Gasteiger charge is 2.18. The lowest BCUT2D eigenvalue weighted by Crippen LogP contribution is -2.31. The first kappa shape index (κ1) is 14.4. The standard InChI is InChI=1S/C10H19ClN4O2/c1-16-5-3-9(14-12)10-8(11)7-13-15(10)4-6-17-2/h7,9,14H,3-6,12H2,1-2H3. The Labute approximate surface area is 106 Å². The quantitative estimate of drug-likeness (QED) is 0.534. The van der Waals surface area contributed by atoms with Crippen LogP contribution in [0.4, 0.5) is 0 Å². The van der Waals surface area contributed by atoms with Crippen molar-refractivity contribution in [2.24, 2.45) is 5.84 Å². The van der Waals surface area contributed by atoms with Gasteiger partial charge < -0.3 is 9.47 Å². The highest BCUT2D eigenvalue weighted by atomic mass is 35.5. The van der Waals surface area contributed by atoms with Crippen molar-refractivity contribution < 1.29 is 9.47 Å². The molecule has 17 heavy (non-hydrogen) atoms. The van der Waals surface area contributed by atoms with Crippen molar-refractivity contribution in [2.75, 3.05) is 27.4 Å². The minimum absolute atomic E-state index is 0.0817. The molecule has 0 aliphatic heterocycles. The van der Waals surface area contributed by atoms with E-state index in [-0.39, 0.29) is 6.04 Å². The van der Waals surface area contributed by atoms with Gasteiger partial charge in [-0.25, -0.2) is 0 Å². The van der Waals surface area contributed by atoms with Gasteiger partial charge >= 0.3 is 0 Å². The van der Waals surface area contributed by atoms with E-state index >= 15 is 0 Å². The van der Waals surface area contributed by atoms with Crippen molar-refractivity contribution in [1.29, 1.82) is 0 Å². The van der Waals surface area contributed by atoms with Crippen LogP contribution in [0.5, 0.6) is 0 Å². The van der Waals surface area contributed by atoms with Crippen molar-refractivity contribution in [3.05, 3.63) is 16.9 Å². The predicted octanol–water partition coefficient (Wildman–Crippen LogP) is 0.724. The molecular formula is C10H19ClN4O2. The second-order valence-electron chi connectivity index (χ2n) is 3.59. The largest absolute Gasteiger partial charge is 0.385 e. The lowest BCUT2D eigenvalue weighted by Gasteiger charge is -2.17. The Balaban J connectivity index is 2.80. The monoisotopic (exact) mass is 262 g/mol. The fourth-order valence-electron chi connectivity index (χ4n) is 1.61. The Morgan fingerprint density at radius 2 is 2.18 bits per heavy atom. The maximum absolute atomic E-state index is 6.12. The Hall–Kier alpha value is -0.660. The number of halogens is 1. The van der Waals surface area contributed by atoms with E-state index in [2.05, 4.69) is 10.5 Å². The molecule has 0 bridgehead atoms. The summed E-state index contributed by atoms with van der Waals surface area (Å²) in [6.45, 7) is 1.82. The highest BCUT2D eigenvalue weighted by Crippen LogP contribution is 2.24. The molecule has 1 atom stereocenters. The fraction of sp³-hybridized carbons (Fsp3) is 0.700. The molecule has 0 saturated heterocycles. The maximum Gasteiger partial charge on any atom is 0.0834 e. The molecule has 1 aromatic rings. The van der Waals surface area contributed by atoms with Crippen LogP contribution in [0, 0.1) is 0 Å². The van der Waals surface area contributed by atoms with Gasteiger partial charge in [0.05, 0.1) is 36.1 Å². The van der Waals surface area contributed by atoms with Crippen molar-refractivity contribution in [1.82, 2.24) is 15.2 Å². The van der Waals surface area contributed by atoms with E-state index in [4.69, 9.17) is 26.9 Å². The molecule has 0 radical (unpaired) electrons. The van der Waals surface area contributed by atoms with E-state index in [1.165, 1.54) is 0 Å². The molecule has 1 rings (SSSR count). The summed E-state index contributed by atoms with van der Waals surface area (Å²) in [6.07, 6.45) is 2.34. The maximum atomic E-state index is 6.12. The third kappa shape index (κ3) is 3.93. The zero-order chi connectivity index (χ0) is 12.7. The van der Waals surface area contributed by atoms with Gasteiger partial charge in [0, 0.05) is 20.8 Å². The first-order valence-corrected chi connectivity index (χ1v) is 5.77. The molecule has 1 unspecified atom stereocenters. The number of aromatic nitrogens is 2. The SMILES string of the molecule is COCCC(NN)c1c(Cl)cnn1CCOC. The van der Waals surface area contributed by atoms with Crippen LogP contribution in [-0.4, -0.2) is 37.2 Å². The number of nitrogens with two attached hydrogens (primary N) is 1. The summed E-state index contributed by atoms with van der Waals surface area (Å²) in [7, 11) is 3.30. The van der Waals surface area contributed by atoms with Gasteiger partial charge in [0.1, 0.15) is 0 Å². The predicted molar refractivity (Wildman–Crippen MR) is 65.7 cm³/mol. The number of nitrogens with zero attached hydrogens (tertiary/aromatic N) is 2. The molecule has 0 spiro atoms.